The summed E-state index contributed by atoms with van der Waals surface area (Å²) < 4.78 is 28.8. The molecule has 1 heterocycles. The molecule has 4 aromatic rings. The largest absolute Gasteiger partial charge is 0.490 e. The van der Waals surface area contributed by atoms with E-state index in [1.54, 1.807) is 48.5 Å². The normalized spacial score (nSPS) is 13.8. The summed E-state index contributed by atoms with van der Waals surface area (Å²) in [6.07, 6.45) is 0. The lowest BCUT2D eigenvalue weighted by Gasteiger charge is -2.27. The van der Waals surface area contributed by atoms with Crippen molar-refractivity contribution >= 4 is 29.2 Å². The van der Waals surface area contributed by atoms with Crippen molar-refractivity contribution in [2.24, 2.45) is 5.73 Å². The number of rotatable bonds is 10. The Hall–Kier alpha value is -4.84. The van der Waals surface area contributed by atoms with Crippen molar-refractivity contribution in [3.63, 3.8) is 0 Å². The van der Waals surface area contributed by atoms with Crippen molar-refractivity contribution in [3.8, 4) is 34.8 Å². The molecule has 0 spiro atoms. The summed E-state index contributed by atoms with van der Waals surface area (Å²) in [7, 11) is 0. The Morgan fingerprint density at radius 2 is 1.73 bits per heavy atom. The third-order valence-corrected chi connectivity index (χ3v) is 7.64. The van der Waals surface area contributed by atoms with Gasteiger partial charge < -0.3 is 29.4 Å². The molecule has 0 saturated carbocycles. The number of ether oxygens (including phenoxy) is 5. The average molecular weight is 632 g/mol. The highest BCUT2D eigenvalue weighted by Crippen LogP contribution is 2.45. The molecule has 0 bridgehead atoms. The topological polar surface area (TPSA) is 113 Å². The van der Waals surface area contributed by atoms with Crippen LogP contribution in [0.15, 0.2) is 90.3 Å². The quantitative estimate of drug-likeness (QED) is 0.142. The van der Waals surface area contributed by atoms with Crippen LogP contribution < -0.4 is 29.4 Å². The summed E-state index contributed by atoms with van der Waals surface area (Å²) in [5, 5.41) is 11.2. The monoisotopic (exact) mass is 630 g/mol. The molecule has 1 aliphatic heterocycles. The first-order valence-electron chi connectivity index (χ1n) is 13.7. The van der Waals surface area contributed by atoms with Crippen LogP contribution in [0.25, 0.3) is 0 Å². The minimum absolute atomic E-state index is 0.0491. The fourth-order valence-corrected chi connectivity index (χ4v) is 5.02. The van der Waals surface area contributed by atoms with Crippen LogP contribution in [-0.2, 0) is 11.4 Å². The minimum atomic E-state index is -0.611. The Morgan fingerprint density at radius 1 is 0.932 bits per heavy atom. The van der Waals surface area contributed by atoms with E-state index in [9.17, 15) is 10.1 Å². The highest BCUT2D eigenvalue weighted by atomic mass is 35.5. The van der Waals surface area contributed by atoms with E-state index < -0.39 is 11.9 Å². The fraction of sp³-hybridized carbons (Fsp3) is 0.176. The third-order valence-electron chi connectivity index (χ3n) is 6.85. The van der Waals surface area contributed by atoms with E-state index in [0.29, 0.717) is 45.2 Å². The van der Waals surface area contributed by atoms with E-state index in [0.717, 1.165) is 16.7 Å². The maximum atomic E-state index is 12.5. The van der Waals surface area contributed by atoms with E-state index in [1.807, 2.05) is 44.2 Å². The molecular weight excluding hydrogens is 603 g/mol. The van der Waals surface area contributed by atoms with Crippen LogP contribution in [0, 0.1) is 18.3 Å². The molecule has 0 fully saturated rings. The van der Waals surface area contributed by atoms with Crippen molar-refractivity contribution in [1.29, 1.82) is 5.26 Å². The predicted octanol–water partition coefficient (Wildman–Crippen LogP) is 7.48. The van der Waals surface area contributed by atoms with E-state index >= 15 is 0 Å². The second kappa shape index (κ2) is 13.6. The molecule has 2 N–H and O–H groups in total. The van der Waals surface area contributed by atoms with Crippen LogP contribution in [0.5, 0.6) is 28.7 Å². The molecule has 1 aliphatic rings. The molecule has 0 radical (unpaired) electrons. The highest BCUT2D eigenvalue weighted by molar-refractivity contribution is 6.31. The molecule has 1 unspecified atom stereocenters. The third kappa shape index (κ3) is 6.86. The number of benzene rings is 4. The number of carbonyl (C=O) groups is 1. The summed E-state index contributed by atoms with van der Waals surface area (Å²) in [6, 6.07) is 25.1. The molecule has 224 valence electrons. The van der Waals surface area contributed by atoms with E-state index in [-0.39, 0.29) is 30.4 Å². The minimum Gasteiger partial charge on any atom is -0.490 e. The molecule has 5 rings (SSSR count). The molecule has 8 nitrogen and oxygen atoms in total. The van der Waals surface area contributed by atoms with Gasteiger partial charge in [0.15, 0.2) is 18.1 Å². The first-order valence-corrected chi connectivity index (χ1v) is 14.5. The lowest BCUT2D eigenvalue weighted by molar-refractivity contribution is -0.136. The van der Waals surface area contributed by atoms with Gasteiger partial charge in [0.1, 0.15) is 35.5 Å². The zero-order chi connectivity index (χ0) is 31.2. The number of hydrogen-bond acceptors (Lipinski definition) is 8. The second-order valence-corrected chi connectivity index (χ2v) is 10.6. The number of hydrogen-bond donors (Lipinski definition) is 1. The van der Waals surface area contributed by atoms with Gasteiger partial charge in [0.2, 0.25) is 5.88 Å². The fourth-order valence-electron chi connectivity index (χ4n) is 4.71. The Kier molecular flexibility index (Phi) is 9.49. The molecule has 10 heteroatoms. The number of nitrogens with zero attached hydrogens (tertiary/aromatic N) is 1. The van der Waals surface area contributed by atoms with Crippen molar-refractivity contribution in [3.05, 3.63) is 123 Å². The van der Waals surface area contributed by atoms with E-state index in [2.05, 4.69) is 6.07 Å². The van der Waals surface area contributed by atoms with Crippen molar-refractivity contribution in [2.45, 2.75) is 26.4 Å². The van der Waals surface area contributed by atoms with Crippen molar-refractivity contribution < 1.29 is 28.5 Å². The first kappa shape index (κ1) is 30.6. The van der Waals surface area contributed by atoms with Gasteiger partial charge >= 0.3 is 5.97 Å². The van der Waals surface area contributed by atoms with Gasteiger partial charge in [-0.05, 0) is 67.4 Å². The van der Waals surface area contributed by atoms with Crippen LogP contribution in [0.3, 0.4) is 0 Å². The molecule has 0 saturated heterocycles. The molecule has 0 aliphatic carbocycles. The zero-order valence-electron chi connectivity index (χ0n) is 23.9. The van der Waals surface area contributed by atoms with Gasteiger partial charge in [-0.15, -0.1) is 0 Å². The number of aryl methyl sites for hydroxylation is 1. The summed E-state index contributed by atoms with van der Waals surface area (Å²) >= 11 is 12.3. The molecular formula is C34H28Cl2N2O6. The average Bonchev–Trinajstić information content (AvgIpc) is 3.01. The number of nitrogens with two attached hydrogens (primary N) is 1. The number of esters is 1. The Labute approximate surface area is 265 Å². The van der Waals surface area contributed by atoms with Crippen molar-refractivity contribution in [2.75, 3.05) is 13.2 Å². The number of allylic oxidation sites excluding steroid dienone is 1. The summed E-state index contributed by atoms with van der Waals surface area (Å²) in [5.41, 5.74) is 9.50. The highest BCUT2D eigenvalue weighted by Gasteiger charge is 2.32. The maximum Gasteiger partial charge on any atom is 0.349 e. The van der Waals surface area contributed by atoms with Gasteiger partial charge in [-0.1, -0.05) is 53.5 Å². The summed E-state index contributed by atoms with van der Waals surface area (Å²) in [6.45, 7) is 4.05. The molecule has 0 amide bonds. The van der Waals surface area contributed by atoms with E-state index in [1.165, 1.54) is 0 Å². The maximum absolute atomic E-state index is 12.5. The standard InChI is InChI=1S/C34H28Cl2N2O6/c1-3-40-31-15-21(8-13-29(31)42-18-22-6-4-5-7-28(22)36)33-25-11-9-24(16-30(25)44-34(38)26(33)17-37)43-32(39)19-41-23-10-12-27(35)20(2)14-23/h4-16,33H,3,18-19,38H2,1-2H3. The SMILES string of the molecule is CCOc1cc(C2C(C#N)=C(N)Oc3cc(OC(=O)COc4ccc(Cl)c(C)c4)ccc32)ccc1OCc1ccccc1Cl. The van der Waals surface area contributed by atoms with Gasteiger partial charge in [-0.3, -0.25) is 0 Å². The lowest BCUT2D eigenvalue weighted by Crippen LogP contribution is -2.22. The van der Waals surface area contributed by atoms with Gasteiger partial charge in [-0.25, -0.2) is 4.79 Å². The van der Waals surface area contributed by atoms with Gasteiger partial charge in [-0.2, -0.15) is 5.26 Å². The number of nitriles is 1. The molecule has 0 aromatic heterocycles. The summed E-state index contributed by atoms with van der Waals surface area (Å²) in [4.78, 5) is 12.5. The van der Waals surface area contributed by atoms with Crippen LogP contribution in [0.4, 0.5) is 0 Å². The molecule has 44 heavy (non-hydrogen) atoms. The number of fused-ring (bicyclic) bond motifs is 1. The Morgan fingerprint density at radius 3 is 2.48 bits per heavy atom. The van der Waals surface area contributed by atoms with E-state index in [4.69, 9.17) is 52.6 Å². The lowest BCUT2D eigenvalue weighted by atomic mass is 9.83. The smallest absolute Gasteiger partial charge is 0.349 e. The Balaban J connectivity index is 1.37. The second-order valence-electron chi connectivity index (χ2n) is 9.82. The zero-order valence-corrected chi connectivity index (χ0v) is 25.4. The van der Waals surface area contributed by atoms with Crippen LogP contribution in [0.2, 0.25) is 10.0 Å². The predicted molar refractivity (Wildman–Crippen MR) is 166 cm³/mol. The van der Waals surface area contributed by atoms with Crippen molar-refractivity contribution in [1.82, 2.24) is 0 Å². The Bertz CT molecular complexity index is 1780. The van der Waals surface area contributed by atoms with Gasteiger partial charge in [0.05, 0.1) is 12.5 Å². The first-order chi connectivity index (χ1) is 21.3. The van der Waals surface area contributed by atoms with Crippen LogP contribution in [0.1, 0.15) is 35.1 Å². The number of halogens is 2. The number of carbonyl (C=O) groups excluding carboxylic acids is 1. The summed E-state index contributed by atoms with van der Waals surface area (Å²) in [5.74, 6) is 0.875. The van der Waals surface area contributed by atoms with Gasteiger partial charge in [0, 0.05) is 27.2 Å². The molecule has 4 aromatic carbocycles. The van der Waals surface area contributed by atoms with Gasteiger partial charge in [0.25, 0.3) is 0 Å². The van der Waals surface area contributed by atoms with Crippen LogP contribution >= 0.6 is 23.2 Å². The molecule has 1 atom stereocenters. The van der Waals surface area contributed by atoms with Crippen LogP contribution in [-0.4, -0.2) is 19.2 Å².